The number of hydrogen-bond donors (Lipinski definition) is 1. The summed E-state index contributed by atoms with van der Waals surface area (Å²) in [5, 5.41) is 11.9. The van der Waals surface area contributed by atoms with Gasteiger partial charge in [0.25, 0.3) is 0 Å². The highest BCUT2D eigenvalue weighted by molar-refractivity contribution is 6.36. The van der Waals surface area contributed by atoms with Gasteiger partial charge in [0, 0.05) is 6.42 Å². The number of aryl methyl sites for hydroxylation is 1. The van der Waals surface area contributed by atoms with Crippen molar-refractivity contribution in [1.82, 2.24) is 0 Å². The maximum atomic E-state index is 12.8. The van der Waals surface area contributed by atoms with Gasteiger partial charge in [0.15, 0.2) is 5.71 Å². The number of carbonyl (C=O) groups excluding carboxylic acids is 1. The van der Waals surface area contributed by atoms with Crippen LogP contribution >= 0.6 is 0 Å². The Labute approximate surface area is 127 Å². The molecule has 2 aromatic rings. The maximum absolute atomic E-state index is 12.8. The first-order valence-electron chi connectivity index (χ1n) is 6.85. The van der Waals surface area contributed by atoms with Crippen LogP contribution in [0.3, 0.4) is 0 Å². The molecule has 0 aliphatic carbocycles. The lowest BCUT2D eigenvalue weighted by molar-refractivity contribution is -0.137. The molecule has 0 bridgehead atoms. The molecule has 0 radical (unpaired) electrons. The minimum atomic E-state index is -0.659. The van der Waals surface area contributed by atoms with E-state index in [0.29, 0.717) is 6.42 Å². The standard InChI is InChI=1S/C17H16FNO3/c18-15-9-6-13(7-10-15)8-11-16(19-21)17(20)22-12-14-4-2-1-3-5-14/h1-7,9-10,21H,8,11-12H2. The van der Waals surface area contributed by atoms with Gasteiger partial charge in [0.05, 0.1) is 0 Å². The summed E-state index contributed by atoms with van der Waals surface area (Å²) >= 11 is 0. The highest BCUT2D eigenvalue weighted by Crippen LogP contribution is 2.08. The van der Waals surface area contributed by atoms with Gasteiger partial charge in [-0.3, -0.25) is 0 Å². The molecule has 0 unspecified atom stereocenters. The summed E-state index contributed by atoms with van der Waals surface area (Å²) in [5.74, 6) is -0.976. The van der Waals surface area contributed by atoms with Crippen molar-refractivity contribution in [1.29, 1.82) is 0 Å². The minimum Gasteiger partial charge on any atom is -0.456 e. The predicted molar refractivity (Wildman–Crippen MR) is 80.2 cm³/mol. The first kappa shape index (κ1) is 15.7. The second kappa shape index (κ2) is 7.93. The number of ether oxygens (including phenoxy) is 1. The molecule has 0 saturated heterocycles. The van der Waals surface area contributed by atoms with Crippen molar-refractivity contribution in [3.8, 4) is 0 Å². The van der Waals surface area contributed by atoms with Crippen LogP contribution in [0.25, 0.3) is 0 Å². The third-order valence-electron chi connectivity index (χ3n) is 3.13. The number of halogens is 1. The summed E-state index contributed by atoms with van der Waals surface area (Å²) in [5.41, 5.74) is 1.64. The van der Waals surface area contributed by atoms with Gasteiger partial charge in [-0.05, 0) is 29.7 Å². The number of nitrogens with zero attached hydrogens (tertiary/aromatic N) is 1. The van der Waals surface area contributed by atoms with Gasteiger partial charge in [-0.1, -0.05) is 47.6 Å². The summed E-state index contributed by atoms with van der Waals surface area (Å²) < 4.78 is 17.9. The van der Waals surface area contributed by atoms with Crippen molar-refractivity contribution in [2.24, 2.45) is 5.16 Å². The van der Waals surface area contributed by atoms with Crippen LogP contribution < -0.4 is 0 Å². The second-order valence-corrected chi connectivity index (χ2v) is 4.73. The van der Waals surface area contributed by atoms with E-state index in [9.17, 15) is 9.18 Å². The van der Waals surface area contributed by atoms with E-state index in [1.807, 2.05) is 30.3 Å². The third-order valence-corrected chi connectivity index (χ3v) is 3.13. The lowest BCUT2D eigenvalue weighted by atomic mass is 10.1. The molecule has 0 aliphatic rings. The molecule has 0 atom stereocenters. The quantitative estimate of drug-likeness (QED) is 0.385. The molecule has 0 heterocycles. The number of rotatable bonds is 6. The van der Waals surface area contributed by atoms with E-state index in [0.717, 1.165) is 11.1 Å². The van der Waals surface area contributed by atoms with Crippen LogP contribution in [0.1, 0.15) is 17.5 Å². The number of carbonyl (C=O) groups is 1. The summed E-state index contributed by atoms with van der Waals surface area (Å²) in [6, 6.07) is 15.2. The molecule has 0 fully saturated rings. The van der Waals surface area contributed by atoms with Crippen LogP contribution in [-0.4, -0.2) is 16.9 Å². The van der Waals surface area contributed by atoms with Gasteiger partial charge in [-0.2, -0.15) is 0 Å². The van der Waals surface area contributed by atoms with E-state index < -0.39 is 5.97 Å². The predicted octanol–water partition coefficient (Wildman–Crippen LogP) is 3.33. The van der Waals surface area contributed by atoms with Gasteiger partial charge in [-0.15, -0.1) is 0 Å². The largest absolute Gasteiger partial charge is 0.456 e. The third kappa shape index (κ3) is 4.70. The van der Waals surface area contributed by atoms with Crippen molar-refractivity contribution >= 4 is 11.7 Å². The second-order valence-electron chi connectivity index (χ2n) is 4.73. The molecular formula is C17H16FNO3. The summed E-state index contributed by atoms with van der Waals surface area (Å²) in [6.45, 7) is 0.120. The molecule has 5 heteroatoms. The fourth-order valence-corrected chi connectivity index (χ4v) is 1.91. The van der Waals surface area contributed by atoms with Crippen LogP contribution in [0.2, 0.25) is 0 Å². The Morgan fingerprint density at radius 3 is 2.36 bits per heavy atom. The fourth-order valence-electron chi connectivity index (χ4n) is 1.91. The Bertz CT molecular complexity index is 639. The molecule has 114 valence electrons. The van der Waals surface area contributed by atoms with E-state index in [4.69, 9.17) is 9.94 Å². The van der Waals surface area contributed by atoms with E-state index >= 15 is 0 Å². The minimum absolute atomic E-state index is 0.0553. The topological polar surface area (TPSA) is 58.9 Å². The van der Waals surface area contributed by atoms with Gasteiger partial charge in [-0.25, -0.2) is 9.18 Å². The Morgan fingerprint density at radius 1 is 1.05 bits per heavy atom. The average Bonchev–Trinajstić information content (AvgIpc) is 2.56. The molecule has 4 nitrogen and oxygen atoms in total. The van der Waals surface area contributed by atoms with Gasteiger partial charge in [0.1, 0.15) is 12.4 Å². The number of hydrogen-bond acceptors (Lipinski definition) is 4. The maximum Gasteiger partial charge on any atom is 0.356 e. The zero-order valence-electron chi connectivity index (χ0n) is 11.9. The van der Waals surface area contributed by atoms with Gasteiger partial charge in [0.2, 0.25) is 0 Å². The zero-order valence-corrected chi connectivity index (χ0v) is 11.9. The lowest BCUT2D eigenvalue weighted by Gasteiger charge is -2.06. The fraction of sp³-hybridized carbons (Fsp3) is 0.176. The first-order valence-corrected chi connectivity index (χ1v) is 6.85. The van der Waals surface area contributed by atoms with E-state index in [-0.39, 0.29) is 24.6 Å². The van der Waals surface area contributed by atoms with Gasteiger partial charge < -0.3 is 9.94 Å². The van der Waals surface area contributed by atoms with Crippen LogP contribution in [0.4, 0.5) is 4.39 Å². The number of oxime groups is 1. The Kier molecular flexibility index (Phi) is 5.65. The normalized spacial score (nSPS) is 11.2. The molecule has 2 rings (SSSR count). The van der Waals surface area contributed by atoms with Crippen LogP contribution in [0, 0.1) is 5.82 Å². The SMILES string of the molecule is O=C(OCc1ccccc1)C(CCc1ccc(F)cc1)=NO. The molecule has 0 saturated carbocycles. The van der Waals surface area contributed by atoms with Crippen LogP contribution in [0.5, 0.6) is 0 Å². The molecule has 0 aromatic heterocycles. The molecular weight excluding hydrogens is 285 g/mol. The molecule has 22 heavy (non-hydrogen) atoms. The molecule has 0 aliphatic heterocycles. The Morgan fingerprint density at radius 2 is 1.73 bits per heavy atom. The molecule has 0 amide bonds. The summed E-state index contributed by atoms with van der Waals surface area (Å²) in [4.78, 5) is 11.8. The molecule has 0 spiro atoms. The van der Waals surface area contributed by atoms with Crippen molar-refractivity contribution in [2.45, 2.75) is 19.4 Å². The van der Waals surface area contributed by atoms with Crippen molar-refractivity contribution in [2.75, 3.05) is 0 Å². The van der Waals surface area contributed by atoms with Crippen molar-refractivity contribution in [3.05, 3.63) is 71.5 Å². The average molecular weight is 301 g/mol. The summed E-state index contributed by atoms with van der Waals surface area (Å²) in [6.07, 6.45) is 0.676. The van der Waals surface area contributed by atoms with E-state index in [1.54, 1.807) is 12.1 Å². The molecule has 2 aromatic carbocycles. The smallest absolute Gasteiger partial charge is 0.356 e. The highest BCUT2D eigenvalue weighted by atomic mass is 19.1. The van der Waals surface area contributed by atoms with Crippen LogP contribution in [0.15, 0.2) is 59.8 Å². The molecule has 1 N–H and O–H groups in total. The lowest BCUT2D eigenvalue weighted by Crippen LogP contribution is -2.18. The van der Waals surface area contributed by atoms with Crippen molar-refractivity contribution < 1.29 is 19.1 Å². The first-order chi connectivity index (χ1) is 10.7. The van der Waals surface area contributed by atoms with Crippen molar-refractivity contribution in [3.63, 3.8) is 0 Å². The monoisotopic (exact) mass is 301 g/mol. The zero-order chi connectivity index (χ0) is 15.8. The highest BCUT2D eigenvalue weighted by Gasteiger charge is 2.14. The van der Waals surface area contributed by atoms with Crippen LogP contribution in [-0.2, 0) is 22.6 Å². The number of benzene rings is 2. The summed E-state index contributed by atoms with van der Waals surface area (Å²) in [7, 11) is 0. The Hall–Kier alpha value is -2.69. The van der Waals surface area contributed by atoms with Gasteiger partial charge >= 0.3 is 5.97 Å². The van der Waals surface area contributed by atoms with E-state index in [2.05, 4.69) is 5.16 Å². The van der Waals surface area contributed by atoms with E-state index in [1.165, 1.54) is 12.1 Å². The Balaban J connectivity index is 1.85. The number of esters is 1.